The molecule has 2 aromatic rings. The van der Waals surface area contributed by atoms with Crippen molar-refractivity contribution < 1.29 is 4.79 Å². The van der Waals surface area contributed by atoms with Crippen LogP contribution in [-0.2, 0) is 13.1 Å². The molecule has 1 aromatic carbocycles. The van der Waals surface area contributed by atoms with Gasteiger partial charge in [0.2, 0.25) is 5.91 Å². The van der Waals surface area contributed by atoms with Crippen LogP contribution >= 0.6 is 0 Å². The van der Waals surface area contributed by atoms with Crippen molar-refractivity contribution in [2.24, 2.45) is 5.73 Å². The van der Waals surface area contributed by atoms with Gasteiger partial charge < -0.3 is 11.1 Å². The number of hydrogen-bond acceptors (Lipinski definition) is 3. The lowest BCUT2D eigenvalue weighted by molar-refractivity contribution is 0.100. The van der Waals surface area contributed by atoms with Gasteiger partial charge in [-0.1, -0.05) is 18.2 Å². The monoisotopic (exact) mass is 241 g/mol. The predicted octanol–water partition coefficient (Wildman–Crippen LogP) is 1.47. The number of nitrogens with zero attached hydrogens (tertiary/aromatic N) is 1. The molecule has 0 unspecified atom stereocenters. The zero-order valence-electron chi connectivity index (χ0n) is 9.97. The Morgan fingerprint density at radius 1 is 1.11 bits per heavy atom. The molecule has 0 fully saturated rings. The molecule has 3 N–H and O–H groups in total. The highest BCUT2D eigenvalue weighted by Crippen LogP contribution is 2.04. The number of nitrogens with one attached hydrogen (secondary N) is 1. The SMILES string of the molecule is NC(=O)c1ccc(CNCc2ccccn2)cc1. The van der Waals surface area contributed by atoms with E-state index in [1.165, 1.54) is 0 Å². The lowest BCUT2D eigenvalue weighted by Gasteiger charge is -2.05. The maximum atomic E-state index is 10.9. The van der Waals surface area contributed by atoms with Crippen LogP contribution in [0, 0.1) is 0 Å². The highest BCUT2D eigenvalue weighted by atomic mass is 16.1. The van der Waals surface area contributed by atoms with Gasteiger partial charge in [0, 0.05) is 24.8 Å². The molecular formula is C14H15N3O. The molecule has 1 aromatic heterocycles. The molecule has 1 amide bonds. The van der Waals surface area contributed by atoms with Crippen molar-refractivity contribution in [3.05, 3.63) is 65.5 Å². The molecule has 0 aliphatic heterocycles. The first-order chi connectivity index (χ1) is 8.75. The molecule has 92 valence electrons. The molecule has 0 saturated carbocycles. The highest BCUT2D eigenvalue weighted by Gasteiger charge is 1.99. The maximum Gasteiger partial charge on any atom is 0.248 e. The Morgan fingerprint density at radius 3 is 2.50 bits per heavy atom. The summed E-state index contributed by atoms with van der Waals surface area (Å²) in [6.45, 7) is 1.45. The molecular weight excluding hydrogens is 226 g/mol. The van der Waals surface area contributed by atoms with E-state index in [0.29, 0.717) is 5.56 Å². The zero-order valence-corrected chi connectivity index (χ0v) is 9.97. The van der Waals surface area contributed by atoms with Crippen LogP contribution in [0.5, 0.6) is 0 Å². The molecule has 0 radical (unpaired) electrons. The normalized spacial score (nSPS) is 10.2. The van der Waals surface area contributed by atoms with E-state index in [1.54, 1.807) is 18.3 Å². The van der Waals surface area contributed by atoms with Crippen molar-refractivity contribution in [3.8, 4) is 0 Å². The number of rotatable bonds is 5. The average Bonchev–Trinajstić information content (AvgIpc) is 2.40. The molecule has 2 rings (SSSR count). The van der Waals surface area contributed by atoms with Crippen molar-refractivity contribution >= 4 is 5.91 Å². The number of primary amides is 1. The summed E-state index contributed by atoms with van der Waals surface area (Å²) in [6.07, 6.45) is 1.78. The van der Waals surface area contributed by atoms with E-state index in [9.17, 15) is 4.79 Å². The summed E-state index contributed by atoms with van der Waals surface area (Å²) in [4.78, 5) is 15.1. The number of carbonyl (C=O) groups excluding carboxylic acids is 1. The Hall–Kier alpha value is -2.20. The summed E-state index contributed by atoms with van der Waals surface area (Å²) in [7, 11) is 0. The third kappa shape index (κ3) is 3.40. The molecule has 4 heteroatoms. The average molecular weight is 241 g/mol. The second-order valence-electron chi connectivity index (χ2n) is 3.99. The van der Waals surface area contributed by atoms with Crippen LogP contribution in [0.2, 0.25) is 0 Å². The van der Waals surface area contributed by atoms with Crippen LogP contribution in [0.25, 0.3) is 0 Å². The minimum atomic E-state index is -0.400. The number of aromatic nitrogens is 1. The van der Waals surface area contributed by atoms with E-state index in [-0.39, 0.29) is 0 Å². The van der Waals surface area contributed by atoms with E-state index < -0.39 is 5.91 Å². The van der Waals surface area contributed by atoms with E-state index >= 15 is 0 Å². The number of benzene rings is 1. The lowest BCUT2D eigenvalue weighted by atomic mass is 10.1. The van der Waals surface area contributed by atoms with Gasteiger partial charge in [-0.2, -0.15) is 0 Å². The quantitative estimate of drug-likeness (QED) is 0.833. The minimum Gasteiger partial charge on any atom is -0.366 e. The topological polar surface area (TPSA) is 68.0 Å². The van der Waals surface area contributed by atoms with Crippen LogP contribution in [0.15, 0.2) is 48.7 Å². The molecule has 0 atom stereocenters. The summed E-state index contributed by atoms with van der Waals surface area (Å²) in [5.41, 5.74) is 7.82. The minimum absolute atomic E-state index is 0.400. The third-order valence-electron chi connectivity index (χ3n) is 2.60. The number of pyridine rings is 1. The molecule has 1 heterocycles. The fourth-order valence-corrected chi connectivity index (χ4v) is 1.62. The van der Waals surface area contributed by atoms with Gasteiger partial charge in [-0.25, -0.2) is 0 Å². The maximum absolute atomic E-state index is 10.9. The van der Waals surface area contributed by atoms with Gasteiger partial charge in [-0.3, -0.25) is 9.78 Å². The van der Waals surface area contributed by atoms with Crippen LogP contribution < -0.4 is 11.1 Å². The Balaban J connectivity index is 1.85. The van der Waals surface area contributed by atoms with E-state index in [1.807, 2.05) is 30.3 Å². The van der Waals surface area contributed by atoms with Gasteiger partial charge in [0.15, 0.2) is 0 Å². The third-order valence-corrected chi connectivity index (χ3v) is 2.60. The predicted molar refractivity (Wildman–Crippen MR) is 69.7 cm³/mol. The van der Waals surface area contributed by atoms with Crippen LogP contribution in [0.3, 0.4) is 0 Å². The van der Waals surface area contributed by atoms with Gasteiger partial charge >= 0.3 is 0 Å². The molecule has 18 heavy (non-hydrogen) atoms. The van der Waals surface area contributed by atoms with Gasteiger partial charge in [-0.05, 0) is 29.8 Å². The Morgan fingerprint density at radius 2 is 1.89 bits per heavy atom. The lowest BCUT2D eigenvalue weighted by Crippen LogP contribution is -2.14. The second-order valence-corrected chi connectivity index (χ2v) is 3.99. The molecule has 0 saturated heterocycles. The highest BCUT2D eigenvalue weighted by molar-refractivity contribution is 5.92. The van der Waals surface area contributed by atoms with Gasteiger partial charge in [0.05, 0.1) is 5.69 Å². The first-order valence-corrected chi connectivity index (χ1v) is 5.75. The van der Waals surface area contributed by atoms with Gasteiger partial charge in [-0.15, -0.1) is 0 Å². The number of nitrogens with two attached hydrogens (primary N) is 1. The second kappa shape index (κ2) is 5.93. The molecule has 0 spiro atoms. The van der Waals surface area contributed by atoms with Crippen LogP contribution in [-0.4, -0.2) is 10.9 Å². The van der Waals surface area contributed by atoms with E-state index in [2.05, 4.69) is 10.3 Å². The summed E-state index contributed by atoms with van der Waals surface area (Å²) in [6, 6.07) is 13.1. The Labute approximate surface area is 106 Å². The Bertz CT molecular complexity index is 508. The van der Waals surface area contributed by atoms with Crippen LogP contribution in [0.4, 0.5) is 0 Å². The fourth-order valence-electron chi connectivity index (χ4n) is 1.62. The zero-order chi connectivity index (χ0) is 12.8. The van der Waals surface area contributed by atoms with Crippen molar-refractivity contribution in [3.63, 3.8) is 0 Å². The van der Waals surface area contributed by atoms with E-state index in [4.69, 9.17) is 5.73 Å². The van der Waals surface area contributed by atoms with Crippen molar-refractivity contribution in [2.75, 3.05) is 0 Å². The number of carbonyl (C=O) groups is 1. The first kappa shape index (κ1) is 12.3. The van der Waals surface area contributed by atoms with E-state index in [0.717, 1.165) is 24.3 Å². The van der Waals surface area contributed by atoms with Gasteiger partial charge in [0.25, 0.3) is 0 Å². The largest absolute Gasteiger partial charge is 0.366 e. The smallest absolute Gasteiger partial charge is 0.248 e. The molecule has 0 aliphatic carbocycles. The van der Waals surface area contributed by atoms with Gasteiger partial charge in [0.1, 0.15) is 0 Å². The van der Waals surface area contributed by atoms with Crippen molar-refractivity contribution in [1.82, 2.24) is 10.3 Å². The number of hydrogen-bond donors (Lipinski definition) is 2. The summed E-state index contributed by atoms with van der Waals surface area (Å²) >= 11 is 0. The number of amides is 1. The Kier molecular flexibility index (Phi) is 4.04. The molecule has 4 nitrogen and oxygen atoms in total. The summed E-state index contributed by atoms with van der Waals surface area (Å²) in [5, 5.41) is 3.29. The van der Waals surface area contributed by atoms with Crippen LogP contribution in [0.1, 0.15) is 21.6 Å². The standard InChI is InChI=1S/C14H15N3O/c15-14(18)12-6-4-11(5-7-12)9-16-10-13-3-1-2-8-17-13/h1-8,16H,9-10H2,(H2,15,18). The fraction of sp³-hybridized carbons (Fsp3) is 0.143. The first-order valence-electron chi connectivity index (χ1n) is 5.75. The summed E-state index contributed by atoms with van der Waals surface area (Å²) in [5.74, 6) is -0.400. The molecule has 0 bridgehead atoms. The summed E-state index contributed by atoms with van der Waals surface area (Å²) < 4.78 is 0. The van der Waals surface area contributed by atoms with Crippen molar-refractivity contribution in [1.29, 1.82) is 0 Å². The van der Waals surface area contributed by atoms with Crippen molar-refractivity contribution in [2.45, 2.75) is 13.1 Å². The molecule has 0 aliphatic rings.